The summed E-state index contributed by atoms with van der Waals surface area (Å²) >= 11 is 0. The van der Waals surface area contributed by atoms with Crippen LogP contribution in [0.15, 0.2) is 48.5 Å². The summed E-state index contributed by atoms with van der Waals surface area (Å²) in [6, 6.07) is 13.1. The summed E-state index contributed by atoms with van der Waals surface area (Å²) in [4.78, 5) is 12.3. The molecule has 2 aromatic carbocycles. The largest absolute Gasteiger partial charge is 0.493 e. The van der Waals surface area contributed by atoms with Crippen molar-refractivity contribution in [2.24, 2.45) is 0 Å². The SMILES string of the molecule is CCCCCOc1ccccc1C(=O)Nc1ccccc1F. The third kappa shape index (κ3) is 4.32. The molecule has 22 heavy (non-hydrogen) atoms. The summed E-state index contributed by atoms with van der Waals surface area (Å²) in [6.45, 7) is 2.69. The molecular weight excluding hydrogens is 281 g/mol. The molecule has 0 radical (unpaired) electrons. The van der Waals surface area contributed by atoms with Crippen LogP contribution in [0.5, 0.6) is 5.75 Å². The van der Waals surface area contributed by atoms with Crippen LogP contribution in [0.25, 0.3) is 0 Å². The summed E-state index contributed by atoms with van der Waals surface area (Å²) in [5.41, 5.74) is 0.565. The molecule has 3 nitrogen and oxygen atoms in total. The Morgan fingerprint density at radius 3 is 2.59 bits per heavy atom. The molecule has 2 aromatic rings. The fourth-order valence-electron chi connectivity index (χ4n) is 2.07. The van der Waals surface area contributed by atoms with Crippen LogP contribution in [0.3, 0.4) is 0 Å². The van der Waals surface area contributed by atoms with E-state index in [1.807, 2.05) is 6.07 Å². The number of carbonyl (C=O) groups is 1. The molecule has 0 heterocycles. The second-order valence-electron chi connectivity index (χ2n) is 4.99. The Balaban J connectivity index is 2.07. The summed E-state index contributed by atoms with van der Waals surface area (Å²) in [5.74, 6) is -0.319. The van der Waals surface area contributed by atoms with Gasteiger partial charge in [0.15, 0.2) is 0 Å². The minimum atomic E-state index is -0.461. The number of para-hydroxylation sites is 2. The first kappa shape index (κ1) is 16.0. The second-order valence-corrected chi connectivity index (χ2v) is 4.99. The molecule has 0 fully saturated rings. The molecule has 116 valence electrons. The molecule has 0 unspecified atom stereocenters. The van der Waals surface area contributed by atoms with Crippen molar-refractivity contribution < 1.29 is 13.9 Å². The molecule has 1 amide bonds. The lowest BCUT2D eigenvalue weighted by atomic mass is 10.1. The van der Waals surface area contributed by atoms with Gasteiger partial charge in [0.25, 0.3) is 5.91 Å². The number of carbonyl (C=O) groups excluding carboxylic acids is 1. The number of benzene rings is 2. The highest BCUT2D eigenvalue weighted by atomic mass is 19.1. The van der Waals surface area contributed by atoms with E-state index in [0.29, 0.717) is 17.9 Å². The van der Waals surface area contributed by atoms with Crippen molar-refractivity contribution in [2.75, 3.05) is 11.9 Å². The van der Waals surface area contributed by atoms with Crippen LogP contribution in [0.1, 0.15) is 36.5 Å². The molecule has 0 aliphatic heterocycles. The van der Waals surface area contributed by atoms with Gasteiger partial charge in [-0.05, 0) is 30.7 Å². The first-order chi connectivity index (χ1) is 10.7. The fourth-order valence-corrected chi connectivity index (χ4v) is 2.07. The van der Waals surface area contributed by atoms with E-state index < -0.39 is 5.82 Å². The average Bonchev–Trinajstić information content (AvgIpc) is 2.54. The van der Waals surface area contributed by atoms with Gasteiger partial charge in [-0.15, -0.1) is 0 Å². The van der Waals surface area contributed by atoms with Crippen molar-refractivity contribution in [3.05, 3.63) is 59.9 Å². The molecule has 4 heteroatoms. The first-order valence-corrected chi connectivity index (χ1v) is 7.50. The van der Waals surface area contributed by atoms with Crippen LogP contribution in [-0.2, 0) is 0 Å². The number of nitrogens with one attached hydrogen (secondary N) is 1. The molecule has 0 saturated carbocycles. The summed E-state index contributed by atoms with van der Waals surface area (Å²) in [5, 5.41) is 2.57. The Hall–Kier alpha value is -2.36. The number of unbranched alkanes of at least 4 members (excludes halogenated alkanes) is 2. The maximum atomic E-state index is 13.6. The lowest BCUT2D eigenvalue weighted by Gasteiger charge is -2.12. The van der Waals surface area contributed by atoms with Crippen molar-refractivity contribution >= 4 is 11.6 Å². The third-order valence-electron chi connectivity index (χ3n) is 3.26. The van der Waals surface area contributed by atoms with Gasteiger partial charge in [-0.2, -0.15) is 0 Å². The standard InChI is InChI=1S/C18H20FNO2/c1-2-3-8-13-22-17-12-7-4-9-14(17)18(21)20-16-11-6-5-10-15(16)19/h4-7,9-12H,2-3,8,13H2,1H3,(H,20,21). The van der Waals surface area contributed by atoms with Gasteiger partial charge in [0, 0.05) is 0 Å². The monoisotopic (exact) mass is 301 g/mol. The molecule has 2 rings (SSSR count). The van der Waals surface area contributed by atoms with Gasteiger partial charge in [-0.1, -0.05) is 44.0 Å². The third-order valence-corrected chi connectivity index (χ3v) is 3.26. The van der Waals surface area contributed by atoms with Crippen molar-refractivity contribution in [3.8, 4) is 5.75 Å². The Labute approximate surface area is 130 Å². The topological polar surface area (TPSA) is 38.3 Å². The van der Waals surface area contributed by atoms with Crippen LogP contribution in [0.2, 0.25) is 0 Å². The van der Waals surface area contributed by atoms with Crippen LogP contribution in [-0.4, -0.2) is 12.5 Å². The lowest BCUT2D eigenvalue weighted by Crippen LogP contribution is -2.14. The van der Waals surface area contributed by atoms with E-state index in [0.717, 1.165) is 19.3 Å². The number of hydrogen-bond acceptors (Lipinski definition) is 2. The zero-order valence-electron chi connectivity index (χ0n) is 12.6. The highest BCUT2D eigenvalue weighted by Crippen LogP contribution is 2.21. The van der Waals surface area contributed by atoms with Gasteiger partial charge in [-0.25, -0.2) is 4.39 Å². The molecule has 0 saturated heterocycles. The van der Waals surface area contributed by atoms with Crippen LogP contribution >= 0.6 is 0 Å². The Kier molecular flexibility index (Phi) is 5.95. The van der Waals surface area contributed by atoms with Gasteiger partial charge in [0.1, 0.15) is 11.6 Å². The Morgan fingerprint density at radius 2 is 1.82 bits per heavy atom. The van der Waals surface area contributed by atoms with Crippen molar-refractivity contribution in [1.82, 2.24) is 0 Å². The fraction of sp³-hybridized carbons (Fsp3) is 0.278. The number of halogens is 1. The van der Waals surface area contributed by atoms with Gasteiger partial charge in [-0.3, -0.25) is 4.79 Å². The van der Waals surface area contributed by atoms with E-state index in [1.165, 1.54) is 12.1 Å². The predicted molar refractivity (Wildman–Crippen MR) is 85.8 cm³/mol. The van der Waals surface area contributed by atoms with Crippen molar-refractivity contribution in [1.29, 1.82) is 0 Å². The van der Waals surface area contributed by atoms with E-state index in [-0.39, 0.29) is 11.6 Å². The van der Waals surface area contributed by atoms with Gasteiger partial charge >= 0.3 is 0 Å². The first-order valence-electron chi connectivity index (χ1n) is 7.50. The zero-order valence-corrected chi connectivity index (χ0v) is 12.6. The maximum Gasteiger partial charge on any atom is 0.259 e. The van der Waals surface area contributed by atoms with E-state index in [2.05, 4.69) is 12.2 Å². The average molecular weight is 301 g/mol. The second kappa shape index (κ2) is 8.17. The molecule has 0 aliphatic rings. The summed E-state index contributed by atoms with van der Waals surface area (Å²) < 4.78 is 19.3. The normalized spacial score (nSPS) is 10.3. The summed E-state index contributed by atoms with van der Waals surface area (Å²) in [7, 11) is 0. The number of rotatable bonds is 7. The van der Waals surface area contributed by atoms with Crippen LogP contribution in [0.4, 0.5) is 10.1 Å². The Morgan fingerprint density at radius 1 is 1.09 bits per heavy atom. The highest BCUT2D eigenvalue weighted by molar-refractivity contribution is 6.06. The van der Waals surface area contributed by atoms with E-state index >= 15 is 0 Å². The predicted octanol–water partition coefficient (Wildman–Crippen LogP) is 4.65. The van der Waals surface area contributed by atoms with E-state index in [1.54, 1.807) is 30.3 Å². The molecular formula is C18H20FNO2. The maximum absolute atomic E-state index is 13.6. The minimum Gasteiger partial charge on any atom is -0.493 e. The molecule has 1 N–H and O–H groups in total. The number of amides is 1. The molecule has 0 spiro atoms. The van der Waals surface area contributed by atoms with Crippen LogP contribution in [0, 0.1) is 5.82 Å². The van der Waals surface area contributed by atoms with Gasteiger partial charge < -0.3 is 10.1 Å². The van der Waals surface area contributed by atoms with Crippen molar-refractivity contribution in [3.63, 3.8) is 0 Å². The lowest BCUT2D eigenvalue weighted by molar-refractivity contribution is 0.102. The van der Waals surface area contributed by atoms with E-state index in [9.17, 15) is 9.18 Å². The molecule has 0 bridgehead atoms. The zero-order chi connectivity index (χ0) is 15.8. The molecule has 0 aromatic heterocycles. The van der Waals surface area contributed by atoms with Crippen LogP contribution < -0.4 is 10.1 Å². The molecule has 0 atom stereocenters. The summed E-state index contributed by atoms with van der Waals surface area (Å²) in [6.07, 6.45) is 3.14. The van der Waals surface area contributed by atoms with E-state index in [4.69, 9.17) is 4.74 Å². The number of hydrogen-bond donors (Lipinski definition) is 1. The quantitative estimate of drug-likeness (QED) is 0.756. The number of ether oxygens (including phenoxy) is 1. The smallest absolute Gasteiger partial charge is 0.259 e. The van der Waals surface area contributed by atoms with Crippen molar-refractivity contribution in [2.45, 2.75) is 26.2 Å². The van der Waals surface area contributed by atoms with Gasteiger partial charge in [0.05, 0.1) is 17.9 Å². The Bertz CT molecular complexity index is 628. The van der Waals surface area contributed by atoms with Gasteiger partial charge in [0.2, 0.25) is 0 Å². The minimum absolute atomic E-state index is 0.160. The molecule has 0 aliphatic carbocycles. The highest BCUT2D eigenvalue weighted by Gasteiger charge is 2.13. The number of anilines is 1.